The molecule has 0 heterocycles. The molecule has 0 bridgehead atoms. The first-order valence-corrected chi connectivity index (χ1v) is 5.83. The van der Waals surface area contributed by atoms with Gasteiger partial charge in [0.2, 0.25) is 0 Å². The second kappa shape index (κ2) is 6.06. The molecule has 1 rings (SSSR count). The number of aryl methyl sites for hydroxylation is 3. The smallest absolute Gasteiger partial charge is 0.410 e. The molecule has 0 saturated heterocycles. The third-order valence-electron chi connectivity index (χ3n) is 2.66. The molecule has 0 unspecified atom stereocenters. The fourth-order valence-corrected chi connectivity index (χ4v) is 1.80. The van der Waals surface area contributed by atoms with E-state index in [2.05, 4.69) is 0 Å². The van der Waals surface area contributed by atoms with Gasteiger partial charge in [0.25, 0.3) is 0 Å². The van der Waals surface area contributed by atoms with Crippen molar-refractivity contribution in [2.24, 2.45) is 0 Å². The largest absolute Gasteiger partial charge is 0.415 e. The highest BCUT2D eigenvalue weighted by Gasteiger charge is 2.14. The van der Waals surface area contributed by atoms with Crippen molar-refractivity contribution < 1.29 is 9.53 Å². The molecule has 1 aromatic carbocycles. The molecule has 4 nitrogen and oxygen atoms in total. The Morgan fingerprint density at radius 1 is 1.33 bits per heavy atom. The van der Waals surface area contributed by atoms with Gasteiger partial charge in [0, 0.05) is 13.6 Å². The first kappa shape index (κ1) is 14.0. The van der Waals surface area contributed by atoms with Crippen molar-refractivity contribution in [3.05, 3.63) is 28.8 Å². The average Bonchev–Trinajstić information content (AvgIpc) is 2.30. The fraction of sp³-hybridized carbons (Fsp3) is 0.429. The Labute approximate surface area is 108 Å². The van der Waals surface area contributed by atoms with Crippen molar-refractivity contribution in [3.8, 4) is 11.8 Å². The van der Waals surface area contributed by atoms with E-state index in [1.165, 1.54) is 4.90 Å². The number of hydrogen-bond acceptors (Lipinski definition) is 3. The molecule has 4 heteroatoms. The van der Waals surface area contributed by atoms with Crippen LogP contribution in [0.3, 0.4) is 0 Å². The minimum Gasteiger partial charge on any atom is -0.410 e. The van der Waals surface area contributed by atoms with Gasteiger partial charge in [-0.1, -0.05) is 17.7 Å². The molecule has 0 spiro atoms. The summed E-state index contributed by atoms with van der Waals surface area (Å²) in [4.78, 5) is 13.2. The number of hydrogen-bond donors (Lipinski definition) is 0. The first-order valence-electron chi connectivity index (χ1n) is 5.83. The molecule has 0 aliphatic heterocycles. The zero-order chi connectivity index (χ0) is 13.7. The molecular weight excluding hydrogens is 228 g/mol. The number of carbonyl (C=O) groups is 1. The van der Waals surface area contributed by atoms with Crippen LogP contribution in [0.5, 0.6) is 5.75 Å². The van der Waals surface area contributed by atoms with Crippen molar-refractivity contribution >= 4 is 6.09 Å². The van der Waals surface area contributed by atoms with Crippen molar-refractivity contribution in [1.29, 1.82) is 5.26 Å². The normalized spacial score (nSPS) is 9.72. The lowest BCUT2D eigenvalue weighted by Gasteiger charge is -2.17. The minimum absolute atomic E-state index is 0.303. The molecule has 0 N–H and O–H groups in total. The minimum atomic E-state index is -0.430. The second-order valence-electron chi connectivity index (χ2n) is 4.43. The van der Waals surface area contributed by atoms with Crippen LogP contribution >= 0.6 is 0 Å². The van der Waals surface area contributed by atoms with Gasteiger partial charge in [-0.2, -0.15) is 5.26 Å². The highest BCUT2D eigenvalue weighted by Crippen LogP contribution is 2.25. The molecule has 0 saturated carbocycles. The average molecular weight is 246 g/mol. The van der Waals surface area contributed by atoms with E-state index in [1.54, 1.807) is 7.05 Å². The number of nitrogens with zero attached hydrogens (tertiary/aromatic N) is 2. The highest BCUT2D eigenvalue weighted by atomic mass is 16.6. The summed E-state index contributed by atoms with van der Waals surface area (Å²) < 4.78 is 5.37. The molecule has 0 atom stereocenters. The van der Waals surface area contributed by atoms with Gasteiger partial charge in [0.15, 0.2) is 0 Å². The van der Waals surface area contributed by atoms with E-state index < -0.39 is 6.09 Å². The highest BCUT2D eigenvalue weighted by molar-refractivity contribution is 5.71. The van der Waals surface area contributed by atoms with Gasteiger partial charge in [0.1, 0.15) is 5.75 Å². The van der Waals surface area contributed by atoms with Gasteiger partial charge in [-0.15, -0.1) is 0 Å². The van der Waals surface area contributed by atoms with Crippen molar-refractivity contribution in [2.75, 3.05) is 13.6 Å². The summed E-state index contributed by atoms with van der Waals surface area (Å²) in [5.74, 6) is 0.606. The standard InChI is InChI=1S/C14H18N2O2/c1-10-8-11(2)13(12(3)9-10)18-14(17)16(4)7-5-6-15/h8-9H,5,7H2,1-4H3. The SMILES string of the molecule is Cc1cc(C)c(OC(=O)N(C)CCC#N)c(C)c1. The molecule has 0 fully saturated rings. The fourth-order valence-electron chi connectivity index (χ4n) is 1.80. The van der Waals surface area contributed by atoms with Gasteiger partial charge in [-0.05, 0) is 31.9 Å². The number of ether oxygens (including phenoxy) is 1. The van der Waals surface area contributed by atoms with Gasteiger partial charge in [0.05, 0.1) is 12.5 Å². The summed E-state index contributed by atoms with van der Waals surface area (Å²) in [5.41, 5.74) is 3.02. The van der Waals surface area contributed by atoms with Gasteiger partial charge >= 0.3 is 6.09 Å². The van der Waals surface area contributed by atoms with Crippen molar-refractivity contribution in [1.82, 2.24) is 4.90 Å². The van der Waals surface area contributed by atoms with E-state index in [4.69, 9.17) is 10.00 Å². The topological polar surface area (TPSA) is 53.3 Å². The van der Waals surface area contributed by atoms with E-state index in [1.807, 2.05) is 39.0 Å². The Morgan fingerprint density at radius 3 is 2.39 bits per heavy atom. The monoisotopic (exact) mass is 246 g/mol. The summed E-state index contributed by atoms with van der Waals surface area (Å²) in [7, 11) is 1.62. The lowest BCUT2D eigenvalue weighted by atomic mass is 10.1. The number of rotatable bonds is 3. The zero-order valence-electron chi connectivity index (χ0n) is 11.3. The summed E-state index contributed by atoms with van der Waals surface area (Å²) in [6.45, 7) is 6.21. The second-order valence-corrected chi connectivity index (χ2v) is 4.43. The van der Waals surface area contributed by atoms with Crippen LogP contribution in [0.2, 0.25) is 0 Å². The number of nitriles is 1. The van der Waals surface area contributed by atoms with E-state index in [0.717, 1.165) is 16.7 Å². The third-order valence-corrected chi connectivity index (χ3v) is 2.66. The summed E-state index contributed by atoms with van der Waals surface area (Å²) in [6.07, 6.45) is -0.127. The lowest BCUT2D eigenvalue weighted by Crippen LogP contribution is -2.30. The van der Waals surface area contributed by atoms with Crippen LogP contribution in [0.1, 0.15) is 23.1 Å². The zero-order valence-corrected chi connectivity index (χ0v) is 11.3. The van der Waals surface area contributed by atoms with Crippen LogP contribution in [-0.2, 0) is 0 Å². The van der Waals surface area contributed by atoms with Crippen LogP contribution in [-0.4, -0.2) is 24.6 Å². The maximum atomic E-state index is 11.8. The maximum Gasteiger partial charge on any atom is 0.415 e. The van der Waals surface area contributed by atoms with Gasteiger partial charge < -0.3 is 9.64 Å². The van der Waals surface area contributed by atoms with Crippen molar-refractivity contribution in [3.63, 3.8) is 0 Å². The first-order chi connectivity index (χ1) is 8.45. The molecule has 96 valence electrons. The molecule has 0 aliphatic carbocycles. The Morgan fingerprint density at radius 2 is 1.89 bits per heavy atom. The van der Waals surface area contributed by atoms with Crippen LogP contribution < -0.4 is 4.74 Å². The Hall–Kier alpha value is -2.02. The third kappa shape index (κ3) is 3.49. The quantitative estimate of drug-likeness (QED) is 0.823. The van der Waals surface area contributed by atoms with E-state index in [0.29, 0.717) is 18.7 Å². The van der Waals surface area contributed by atoms with E-state index in [-0.39, 0.29) is 0 Å². The predicted octanol–water partition coefficient (Wildman–Crippen LogP) is 2.96. The van der Waals surface area contributed by atoms with Crippen LogP contribution in [0, 0.1) is 32.1 Å². The Kier molecular flexibility index (Phi) is 4.73. The molecular formula is C14H18N2O2. The van der Waals surface area contributed by atoms with Crippen molar-refractivity contribution in [2.45, 2.75) is 27.2 Å². The summed E-state index contributed by atoms with van der Waals surface area (Å²) in [5, 5.41) is 8.48. The number of amides is 1. The molecule has 1 amide bonds. The Balaban J connectivity index is 2.79. The molecule has 0 aliphatic rings. The van der Waals surface area contributed by atoms with E-state index in [9.17, 15) is 4.79 Å². The van der Waals surface area contributed by atoms with Gasteiger partial charge in [-0.3, -0.25) is 0 Å². The van der Waals surface area contributed by atoms with E-state index >= 15 is 0 Å². The predicted molar refractivity (Wildman–Crippen MR) is 69.5 cm³/mol. The van der Waals surface area contributed by atoms with Gasteiger partial charge in [-0.25, -0.2) is 4.79 Å². The number of carbonyl (C=O) groups excluding carboxylic acids is 1. The lowest BCUT2D eigenvalue weighted by molar-refractivity contribution is 0.163. The van der Waals surface area contributed by atoms with Crippen LogP contribution in [0.25, 0.3) is 0 Å². The molecule has 18 heavy (non-hydrogen) atoms. The molecule has 0 radical (unpaired) electrons. The van der Waals surface area contributed by atoms with Crippen LogP contribution in [0.15, 0.2) is 12.1 Å². The summed E-state index contributed by atoms with van der Waals surface area (Å²) in [6, 6.07) is 5.95. The molecule has 0 aromatic heterocycles. The maximum absolute atomic E-state index is 11.8. The number of benzene rings is 1. The summed E-state index contributed by atoms with van der Waals surface area (Å²) >= 11 is 0. The van der Waals surface area contributed by atoms with Crippen LogP contribution in [0.4, 0.5) is 4.79 Å². The molecule has 1 aromatic rings. The Bertz CT molecular complexity index is 466.